The highest BCUT2D eigenvalue weighted by molar-refractivity contribution is 5.94. The number of rotatable bonds is 2. The van der Waals surface area contributed by atoms with E-state index >= 15 is 0 Å². The van der Waals surface area contributed by atoms with Crippen LogP contribution in [0.25, 0.3) is 0 Å². The van der Waals surface area contributed by atoms with Gasteiger partial charge in [0, 0.05) is 5.56 Å². The molecule has 0 spiro atoms. The zero-order valence-electron chi connectivity index (χ0n) is 16.0. The number of hydrogen-bond donors (Lipinski definition) is 3. The summed E-state index contributed by atoms with van der Waals surface area (Å²) in [6, 6.07) is 3.52. The number of aliphatic hydroxyl groups excluding tert-OH is 2. The van der Waals surface area contributed by atoms with Gasteiger partial charge < -0.3 is 15.3 Å². The molecule has 0 aromatic heterocycles. The number of phenols is 1. The van der Waals surface area contributed by atoms with Gasteiger partial charge in [-0.2, -0.15) is 0 Å². The van der Waals surface area contributed by atoms with Crippen LogP contribution in [0.2, 0.25) is 0 Å². The summed E-state index contributed by atoms with van der Waals surface area (Å²) in [5.74, 6) is 0.638. The molecule has 1 aromatic carbocycles. The van der Waals surface area contributed by atoms with Crippen molar-refractivity contribution in [2.75, 3.05) is 6.61 Å². The molecule has 0 saturated heterocycles. The molecular weight excluding hydrogens is 328 g/mol. The summed E-state index contributed by atoms with van der Waals surface area (Å²) < 4.78 is 0. The maximum absolute atomic E-state index is 13.2. The van der Waals surface area contributed by atoms with Crippen LogP contribution in [0.5, 0.6) is 5.75 Å². The lowest BCUT2D eigenvalue weighted by Gasteiger charge is -2.58. The molecule has 3 N–H and O–H groups in total. The quantitative estimate of drug-likeness (QED) is 0.760. The molecule has 0 radical (unpaired) electrons. The summed E-state index contributed by atoms with van der Waals surface area (Å²) in [6.07, 6.45) is 3.45. The molecule has 4 nitrogen and oxygen atoms in total. The molecule has 6 atom stereocenters. The third-order valence-electron chi connectivity index (χ3n) is 7.87. The lowest BCUT2D eigenvalue weighted by molar-refractivity contribution is -0.150. The van der Waals surface area contributed by atoms with Crippen LogP contribution in [0.1, 0.15) is 56.2 Å². The average molecular weight is 358 g/mol. The summed E-state index contributed by atoms with van der Waals surface area (Å²) in [4.78, 5) is 13.2. The fourth-order valence-electron chi connectivity index (χ4n) is 7.07. The largest absolute Gasteiger partial charge is 0.508 e. The predicted molar refractivity (Wildman–Crippen MR) is 99.0 cm³/mol. The minimum absolute atomic E-state index is 0.0268. The summed E-state index contributed by atoms with van der Waals surface area (Å²) in [5.41, 5.74) is 1.48. The topological polar surface area (TPSA) is 77.8 Å². The van der Waals surface area contributed by atoms with Gasteiger partial charge in [0.1, 0.15) is 12.4 Å². The lowest BCUT2D eigenvalue weighted by Crippen LogP contribution is -2.63. The molecule has 0 unspecified atom stereocenters. The first kappa shape index (κ1) is 18.0. The van der Waals surface area contributed by atoms with Gasteiger partial charge in [0.05, 0.1) is 11.5 Å². The van der Waals surface area contributed by atoms with Crippen molar-refractivity contribution in [1.82, 2.24) is 0 Å². The van der Waals surface area contributed by atoms with Crippen molar-refractivity contribution in [2.24, 2.45) is 23.2 Å². The van der Waals surface area contributed by atoms with E-state index in [9.17, 15) is 20.1 Å². The molecule has 4 heteroatoms. The molecule has 26 heavy (non-hydrogen) atoms. The van der Waals surface area contributed by atoms with E-state index in [1.165, 1.54) is 0 Å². The number of Topliss-reactive ketones (excluding diaryl/α,β-unsaturated/α-hetero) is 1. The minimum atomic E-state index is -1.17. The second kappa shape index (κ2) is 5.80. The van der Waals surface area contributed by atoms with Gasteiger partial charge in [-0.1, -0.05) is 19.9 Å². The number of carbonyl (C=O) groups excluding carboxylic acids is 1. The van der Waals surface area contributed by atoms with Crippen LogP contribution < -0.4 is 0 Å². The van der Waals surface area contributed by atoms with Gasteiger partial charge in [-0.05, 0) is 79.4 Å². The number of ketones is 1. The van der Waals surface area contributed by atoms with E-state index in [-0.39, 0.29) is 22.9 Å². The van der Waals surface area contributed by atoms with Gasteiger partial charge in [0.25, 0.3) is 0 Å². The number of carbonyl (C=O) groups is 1. The number of phenolic OH excluding ortho intramolecular Hbond substituents is 1. The van der Waals surface area contributed by atoms with Gasteiger partial charge in [-0.15, -0.1) is 0 Å². The Bertz CT molecular complexity index is 757. The second-order valence-electron chi connectivity index (χ2n) is 9.38. The first-order valence-corrected chi connectivity index (χ1v) is 9.90. The molecule has 3 aliphatic carbocycles. The third kappa shape index (κ3) is 2.12. The number of hydrogen-bond acceptors (Lipinski definition) is 4. The minimum Gasteiger partial charge on any atom is -0.508 e. The highest BCUT2D eigenvalue weighted by Gasteiger charge is 2.65. The summed E-state index contributed by atoms with van der Waals surface area (Å²) in [6.45, 7) is 5.90. The van der Waals surface area contributed by atoms with Crippen LogP contribution >= 0.6 is 0 Å². The van der Waals surface area contributed by atoms with Crippen molar-refractivity contribution in [1.29, 1.82) is 0 Å². The number of aromatic hydroxyl groups is 1. The van der Waals surface area contributed by atoms with Crippen LogP contribution in [0, 0.1) is 30.1 Å². The van der Waals surface area contributed by atoms with Crippen molar-refractivity contribution in [2.45, 2.75) is 64.4 Å². The molecule has 1 aromatic rings. The number of aryl methyl sites for hydroxylation is 1. The molecule has 142 valence electrons. The molecule has 0 bridgehead atoms. The van der Waals surface area contributed by atoms with E-state index in [4.69, 9.17) is 0 Å². The Hall–Kier alpha value is -1.39. The molecule has 0 amide bonds. The third-order valence-corrected chi connectivity index (χ3v) is 7.87. The maximum atomic E-state index is 13.2. The predicted octanol–water partition coefficient (Wildman–Crippen LogP) is 2.88. The molecule has 0 aliphatic heterocycles. The highest BCUT2D eigenvalue weighted by Crippen LogP contribution is 2.65. The second-order valence-corrected chi connectivity index (χ2v) is 9.38. The van der Waals surface area contributed by atoms with E-state index in [1.54, 1.807) is 6.07 Å². The van der Waals surface area contributed by atoms with Crippen LogP contribution in [0.15, 0.2) is 12.1 Å². The smallest absolute Gasteiger partial charge is 0.171 e. The van der Waals surface area contributed by atoms with Gasteiger partial charge in [-0.25, -0.2) is 0 Å². The fourth-order valence-corrected chi connectivity index (χ4v) is 7.07. The van der Waals surface area contributed by atoms with E-state index in [2.05, 4.69) is 13.8 Å². The summed E-state index contributed by atoms with van der Waals surface area (Å²) in [5, 5.41) is 32.0. The molecule has 0 heterocycles. The Kier molecular flexibility index (Phi) is 4.02. The zero-order valence-corrected chi connectivity index (χ0v) is 16.0. The molecule has 4 rings (SSSR count). The first-order chi connectivity index (χ1) is 12.3. The van der Waals surface area contributed by atoms with Crippen molar-refractivity contribution in [3.63, 3.8) is 0 Å². The van der Waals surface area contributed by atoms with Gasteiger partial charge in [0.2, 0.25) is 0 Å². The van der Waals surface area contributed by atoms with Gasteiger partial charge in [-0.3, -0.25) is 4.79 Å². The summed E-state index contributed by atoms with van der Waals surface area (Å²) >= 11 is 0. The number of aliphatic hydroxyl groups is 2. The monoisotopic (exact) mass is 358 g/mol. The Morgan fingerprint density at radius 1 is 1.27 bits per heavy atom. The molecular formula is C22H30O4. The van der Waals surface area contributed by atoms with Gasteiger partial charge >= 0.3 is 0 Å². The van der Waals surface area contributed by atoms with Crippen molar-refractivity contribution < 1.29 is 20.1 Å². The normalized spacial score (nSPS) is 41.3. The number of fused-ring (bicyclic) bond motifs is 5. The SMILES string of the molecule is Cc1ccc(O)c2c1CC[C@H]1[C@@H]3C[C@@H](C)C[C@@]3(C)C[C@H](O)[C@@]21C(=O)CO. The zero-order chi connectivity index (χ0) is 18.9. The summed E-state index contributed by atoms with van der Waals surface area (Å²) in [7, 11) is 0. The highest BCUT2D eigenvalue weighted by atomic mass is 16.3. The van der Waals surface area contributed by atoms with Crippen molar-refractivity contribution in [3.8, 4) is 5.75 Å². The van der Waals surface area contributed by atoms with Crippen LogP contribution in [-0.4, -0.2) is 33.8 Å². The molecule has 2 fully saturated rings. The Labute approximate surface area is 155 Å². The Morgan fingerprint density at radius 3 is 2.69 bits per heavy atom. The van der Waals surface area contributed by atoms with E-state index in [0.717, 1.165) is 36.8 Å². The first-order valence-electron chi connectivity index (χ1n) is 9.90. The number of benzene rings is 1. The van der Waals surface area contributed by atoms with Gasteiger partial charge in [0.15, 0.2) is 5.78 Å². The maximum Gasteiger partial charge on any atom is 0.171 e. The molecule has 2 saturated carbocycles. The average Bonchev–Trinajstić information content (AvgIpc) is 2.90. The standard InChI is InChI=1S/C22H30O4/c1-12-8-16-15-6-5-14-13(2)4-7-17(24)20(14)22(15,19(26)11-23)18(25)10-21(16,3)9-12/h4,7,12,15-16,18,23-25H,5-6,8-11H2,1-3H3/t12-,15+,16+,18+,21+,22+/m1/s1. The lowest BCUT2D eigenvalue weighted by atomic mass is 9.46. The fraction of sp³-hybridized carbons (Fsp3) is 0.682. The van der Waals surface area contributed by atoms with Crippen LogP contribution in [0.4, 0.5) is 0 Å². The van der Waals surface area contributed by atoms with E-state index in [0.29, 0.717) is 23.8 Å². The van der Waals surface area contributed by atoms with E-state index < -0.39 is 18.1 Å². The van der Waals surface area contributed by atoms with Crippen molar-refractivity contribution >= 4 is 5.78 Å². The molecule has 3 aliphatic rings. The van der Waals surface area contributed by atoms with Crippen molar-refractivity contribution in [3.05, 3.63) is 28.8 Å². The Balaban J connectivity index is 1.98. The van der Waals surface area contributed by atoms with E-state index in [1.807, 2.05) is 13.0 Å². The van der Waals surface area contributed by atoms with Crippen LogP contribution in [0.3, 0.4) is 0 Å². The Morgan fingerprint density at radius 2 is 2.00 bits per heavy atom. The van der Waals surface area contributed by atoms with Crippen LogP contribution in [-0.2, 0) is 16.6 Å².